The molecule has 0 saturated carbocycles. The van der Waals surface area contributed by atoms with Gasteiger partial charge in [0.05, 0.1) is 5.69 Å². The molecule has 2 heterocycles. The lowest BCUT2D eigenvalue weighted by Gasteiger charge is -2.13. The maximum atomic E-state index is 13.7. The Kier molecular flexibility index (Phi) is 5.16. The summed E-state index contributed by atoms with van der Waals surface area (Å²) in [6, 6.07) is 13.6. The second-order valence-electron chi connectivity index (χ2n) is 7.11. The van der Waals surface area contributed by atoms with Gasteiger partial charge < -0.3 is 5.32 Å². The molecule has 0 bridgehead atoms. The number of amides is 1. The van der Waals surface area contributed by atoms with Crippen molar-refractivity contribution in [2.75, 3.05) is 5.32 Å². The first-order chi connectivity index (χ1) is 12.8. The largest absolute Gasteiger partial charge is 0.307 e. The van der Waals surface area contributed by atoms with Crippen LogP contribution < -0.4 is 5.32 Å². The van der Waals surface area contributed by atoms with Gasteiger partial charge in [0.1, 0.15) is 11.6 Å². The molecule has 0 saturated heterocycles. The van der Waals surface area contributed by atoms with Crippen LogP contribution in [0, 0.1) is 5.82 Å². The van der Waals surface area contributed by atoms with E-state index in [2.05, 4.69) is 15.4 Å². The van der Waals surface area contributed by atoms with Gasteiger partial charge in [0.25, 0.3) is 0 Å². The third-order valence-electron chi connectivity index (χ3n) is 3.91. The number of halogens is 1. The molecule has 3 aromatic rings. The minimum atomic E-state index is -0.380. The molecule has 0 unspecified atom stereocenters. The number of benzene rings is 1. The summed E-state index contributed by atoms with van der Waals surface area (Å²) >= 11 is 0. The van der Waals surface area contributed by atoms with E-state index in [9.17, 15) is 9.18 Å². The smallest absolute Gasteiger partial charge is 0.249 e. The average Bonchev–Trinajstić information content (AvgIpc) is 3.06. The number of carbonyl (C=O) groups excluding carboxylic acids is 1. The van der Waals surface area contributed by atoms with Crippen molar-refractivity contribution >= 4 is 17.8 Å². The van der Waals surface area contributed by atoms with Crippen molar-refractivity contribution in [3.8, 4) is 5.82 Å². The fourth-order valence-corrected chi connectivity index (χ4v) is 2.43. The molecule has 1 amide bonds. The van der Waals surface area contributed by atoms with E-state index in [0.29, 0.717) is 17.2 Å². The van der Waals surface area contributed by atoms with Crippen molar-refractivity contribution in [3.05, 3.63) is 77.9 Å². The molecule has 138 valence electrons. The highest BCUT2D eigenvalue weighted by Crippen LogP contribution is 2.25. The molecular weight excluding hydrogens is 343 g/mol. The normalized spacial score (nSPS) is 11.7. The van der Waals surface area contributed by atoms with Crippen molar-refractivity contribution in [1.29, 1.82) is 0 Å². The van der Waals surface area contributed by atoms with Crippen molar-refractivity contribution in [2.45, 2.75) is 26.2 Å². The molecule has 27 heavy (non-hydrogen) atoms. The minimum absolute atomic E-state index is 0.192. The van der Waals surface area contributed by atoms with Gasteiger partial charge in [-0.2, -0.15) is 9.78 Å². The molecule has 0 aliphatic carbocycles. The Bertz CT molecular complexity index is 971. The molecule has 3 rings (SSSR count). The zero-order valence-corrected chi connectivity index (χ0v) is 15.5. The molecule has 0 radical (unpaired) electrons. The lowest BCUT2D eigenvalue weighted by Crippen LogP contribution is -2.14. The number of hydrogen-bond acceptors (Lipinski definition) is 3. The van der Waals surface area contributed by atoms with E-state index in [0.717, 1.165) is 5.69 Å². The zero-order chi connectivity index (χ0) is 19.4. The van der Waals surface area contributed by atoms with E-state index in [1.54, 1.807) is 29.1 Å². The van der Waals surface area contributed by atoms with Gasteiger partial charge >= 0.3 is 0 Å². The van der Waals surface area contributed by atoms with Crippen LogP contribution >= 0.6 is 0 Å². The first kappa shape index (κ1) is 18.5. The van der Waals surface area contributed by atoms with E-state index < -0.39 is 0 Å². The monoisotopic (exact) mass is 364 g/mol. The van der Waals surface area contributed by atoms with Gasteiger partial charge in [-0.15, -0.1) is 0 Å². The van der Waals surface area contributed by atoms with Gasteiger partial charge in [-0.05, 0) is 24.3 Å². The maximum Gasteiger partial charge on any atom is 0.249 e. The van der Waals surface area contributed by atoms with Gasteiger partial charge in [0.15, 0.2) is 5.82 Å². The maximum absolute atomic E-state index is 13.7. The molecular formula is C21H21FN4O. The molecule has 1 aromatic carbocycles. The minimum Gasteiger partial charge on any atom is -0.307 e. The van der Waals surface area contributed by atoms with Crippen LogP contribution in [0.1, 0.15) is 32.0 Å². The SMILES string of the molecule is CC(C)(C)c1cc(NC(=O)/C=C/c2ccccc2F)n(-c2ccccn2)n1. The quantitative estimate of drug-likeness (QED) is 0.700. The summed E-state index contributed by atoms with van der Waals surface area (Å²) in [5.41, 5.74) is 0.977. The predicted octanol–water partition coefficient (Wildman–Crippen LogP) is 4.36. The summed E-state index contributed by atoms with van der Waals surface area (Å²) in [6.07, 6.45) is 4.40. The van der Waals surface area contributed by atoms with E-state index in [-0.39, 0.29) is 17.1 Å². The van der Waals surface area contributed by atoms with Crippen LogP contribution in [-0.2, 0) is 10.2 Å². The summed E-state index contributed by atoms with van der Waals surface area (Å²) in [5, 5.41) is 7.40. The van der Waals surface area contributed by atoms with Crippen molar-refractivity contribution < 1.29 is 9.18 Å². The molecule has 0 aliphatic heterocycles. The van der Waals surface area contributed by atoms with Crippen molar-refractivity contribution in [1.82, 2.24) is 14.8 Å². The Morgan fingerprint density at radius 1 is 1.15 bits per heavy atom. The number of nitrogens with zero attached hydrogens (tertiary/aromatic N) is 3. The van der Waals surface area contributed by atoms with Crippen LogP contribution in [0.25, 0.3) is 11.9 Å². The molecule has 0 fully saturated rings. The molecule has 5 nitrogen and oxygen atoms in total. The van der Waals surface area contributed by atoms with Gasteiger partial charge in [0.2, 0.25) is 5.91 Å². The molecule has 1 N–H and O–H groups in total. The highest BCUT2D eigenvalue weighted by atomic mass is 19.1. The van der Waals surface area contributed by atoms with E-state index in [1.807, 2.05) is 45.0 Å². The number of rotatable bonds is 4. The summed E-state index contributed by atoms with van der Waals surface area (Å²) in [6.45, 7) is 6.13. The standard InChI is InChI=1S/C21H21FN4O/c1-21(2,3)17-14-19(26(25-17)18-10-6-7-13-23-18)24-20(27)12-11-15-8-4-5-9-16(15)22/h4-14H,1-3H3,(H,24,27)/b12-11+. The molecule has 2 aromatic heterocycles. The highest BCUT2D eigenvalue weighted by molar-refractivity contribution is 6.01. The fraction of sp³-hybridized carbons (Fsp3) is 0.190. The van der Waals surface area contributed by atoms with Crippen molar-refractivity contribution in [3.63, 3.8) is 0 Å². The lowest BCUT2D eigenvalue weighted by molar-refractivity contribution is -0.111. The molecule has 6 heteroatoms. The fourth-order valence-electron chi connectivity index (χ4n) is 2.43. The number of aromatic nitrogens is 3. The molecule has 0 aliphatic rings. The van der Waals surface area contributed by atoms with E-state index >= 15 is 0 Å². The lowest BCUT2D eigenvalue weighted by atomic mass is 9.92. The third-order valence-corrected chi connectivity index (χ3v) is 3.91. The second-order valence-corrected chi connectivity index (χ2v) is 7.11. The second kappa shape index (κ2) is 7.53. The zero-order valence-electron chi connectivity index (χ0n) is 15.5. The molecule has 0 spiro atoms. The Morgan fingerprint density at radius 3 is 2.56 bits per heavy atom. The third kappa shape index (κ3) is 4.47. The summed E-state index contributed by atoms with van der Waals surface area (Å²) in [7, 11) is 0. The van der Waals surface area contributed by atoms with Gasteiger partial charge in [-0.1, -0.05) is 45.0 Å². The summed E-state index contributed by atoms with van der Waals surface area (Å²) in [5.74, 6) is 0.342. The number of nitrogens with one attached hydrogen (secondary N) is 1. The van der Waals surface area contributed by atoms with Gasteiger partial charge in [-0.25, -0.2) is 9.37 Å². The average molecular weight is 364 g/mol. The number of pyridine rings is 1. The topological polar surface area (TPSA) is 59.8 Å². The van der Waals surface area contributed by atoms with Crippen LogP contribution in [0.5, 0.6) is 0 Å². The first-order valence-electron chi connectivity index (χ1n) is 8.60. The van der Waals surface area contributed by atoms with Crippen LogP contribution in [-0.4, -0.2) is 20.7 Å². The van der Waals surface area contributed by atoms with Gasteiger partial charge in [-0.3, -0.25) is 4.79 Å². The highest BCUT2D eigenvalue weighted by Gasteiger charge is 2.21. The number of anilines is 1. The van der Waals surface area contributed by atoms with Gasteiger partial charge in [0, 0.05) is 29.3 Å². The Hall–Kier alpha value is -3.28. The van der Waals surface area contributed by atoms with E-state index in [1.165, 1.54) is 18.2 Å². The van der Waals surface area contributed by atoms with Crippen LogP contribution in [0.15, 0.2) is 60.8 Å². The van der Waals surface area contributed by atoms with Crippen LogP contribution in [0.2, 0.25) is 0 Å². The first-order valence-corrected chi connectivity index (χ1v) is 8.60. The summed E-state index contributed by atoms with van der Waals surface area (Å²) in [4.78, 5) is 16.7. The Labute approximate surface area is 157 Å². The predicted molar refractivity (Wildman–Crippen MR) is 104 cm³/mol. The molecule has 0 atom stereocenters. The number of carbonyl (C=O) groups is 1. The van der Waals surface area contributed by atoms with Crippen LogP contribution in [0.4, 0.5) is 10.2 Å². The van der Waals surface area contributed by atoms with E-state index in [4.69, 9.17) is 0 Å². The Balaban J connectivity index is 1.88. The summed E-state index contributed by atoms with van der Waals surface area (Å²) < 4.78 is 15.3. The Morgan fingerprint density at radius 2 is 1.89 bits per heavy atom. The van der Waals surface area contributed by atoms with Crippen molar-refractivity contribution in [2.24, 2.45) is 0 Å². The van der Waals surface area contributed by atoms with Crippen LogP contribution in [0.3, 0.4) is 0 Å². The number of hydrogen-bond donors (Lipinski definition) is 1.